The third-order valence-electron chi connectivity index (χ3n) is 3.68. The van der Waals surface area contributed by atoms with E-state index in [1.54, 1.807) is 24.4 Å². The number of nitrogens with one attached hydrogen (secondary N) is 1. The highest BCUT2D eigenvalue weighted by molar-refractivity contribution is 6.31. The molecule has 1 N–H and O–H groups in total. The summed E-state index contributed by atoms with van der Waals surface area (Å²) in [7, 11) is 0. The van der Waals surface area contributed by atoms with Crippen molar-refractivity contribution in [2.45, 2.75) is 6.92 Å². The quantitative estimate of drug-likeness (QED) is 0.549. The molecule has 0 aliphatic rings. The predicted octanol–water partition coefficient (Wildman–Crippen LogP) is 4.33. The predicted molar refractivity (Wildman–Crippen MR) is 101 cm³/mol. The van der Waals surface area contributed by atoms with Crippen LogP contribution in [-0.2, 0) is 4.79 Å². The van der Waals surface area contributed by atoms with Crippen LogP contribution in [0.5, 0.6) is 5.75 Å². The molecule has 1 amide bonds. The Morgan fingerprint density at radius 2 is 1.92 bits per heavy atom. The van der Waals surface area contributed by atoms with Crippen LogP contribution in [0.25, 0.3) is 10.8 Å². The van der Waals surface area contributed by atoms with Gasteiger partial charge in [0.15, 0.2) is 6.61 Å². The average molecular weight is 353 g/mol. The molecule has 0 bridgehead atoms. The van der Waals surface area contributed by atoms with Gasteiger partial charge in [0, 0.05) is 5.02 Å². The van der Waals surface area contributed by atoms with Crippen LogP contribution in [-0.4, -0.2) is 18.7 Å². The summed E-state index contributed by atoms with van der Waals surface area (Å²) in [6.45, 7) is 1.76. The fourth-order valence-corrected chi connectivity index (χ4v) is 2.47. The number of carbonyl (C=O) groups is 1. The third-order valence-corrected chi connectivity index (χ3v) is 4.10. The Labute approximate surface area is 151 Å². The summed E-state index contributed by atoms with van der Waals surface area (Å²) >= 11 is 5.95. The number of nitrogens with zero attached hydrogens (tertiary/aromatic N) is 1. The zero-order valence-electron chi connectivity index (χ0n) is 13.7. The number of carbonyl (C=O) groups excluding carboxylic acids is 1. The lowest BCUT2D eigenvalue weighted by molar-refractivity contribution is -0.123. The monoisotopic (exact) mass is 352 g/mol. The van der Waals surface area contributed by atoms with Crippen LogP contribution in [0.3, 0.4) is 0 Å². The van der Waals surface area contributed by atoms with Gasteiger partial charge in [-0.2, -0.15) is 5.10 Å². The summed E-state index contributed by atoms with van der Waals surface area (Å²) in [5.74, 6) is 0.264. The van der Waals surface area contributed by atoms with Crippen LogP contribution < -0.4 is 10.2 Å². The van der Waals surface area contributed by atoms with E-state index in [9.17, 15) is 4.79 Å². The first-order valence-corrected chi connectivity index (χ1v) is 8.19. The molecular formula is C20H17ClN2O2. The molecule has 0 heterocycles. The number of hydrogen-bond acceptors (Lipinski definition) is 3. The van der Waals surface area contributed by atoms with Gasteiger partial charge in [-0.25, -0.2) is 5.43 Å². The lowest BCUT2D eigenvalue weighted by Gasteiger charge is -2.06. The van der Waals surface area contributed by atoms with Crippen molar-refractivity contribution in [1.29, 1.82) is 0 Å². The first-order valence-electron chi connectivity index (χ1n) is 7.81. The van der Waals surface area contributed by atoms with Gasteiger partial charge in [-0.1, -0.05) is 48.0 Å². The summed E-state index contributed by atoms with van der Waals surface area (Å²) < 4.78 is 5.42. The highest BCUT2D eigenvalue weighted by atomic mass is 35.5. The summed E-state index contributed by atoms with van der Waals surface area (Å²) in [6, 6.07) is 19.3. The normalized spacial score (nSPS) is 11.0. The molecule has 3 aromatic carbocycles. The van der Waals surface area contributed by atoms with Crippen molar-refractivity contribution >= 4 is 34.5 Å². The van der Waals surface area contributed by atoms with Crippen LogP contribution in [0.2, 0.25) is 5.02 Å². The SMILES string of the molecule is Cc1cc(OCC(=O)NN=Cc2ccc3ccccc3c2)ccc1Cl. The van der Waals surface area contributed by atoms with E-state index >= 15 is 0 Å². The standard InChI is InChI=1S/C20H17ClN2O2/c1-14-10-18(8-9-19(14)21)25-13-20(24)23-22-12-15-6-7-16-4-2-3-5-17(16)11-15/h2-12H,13H2,1H3,(H,23,24). The zero-order valence-corrected chi connectivity index (χ0v) is 14.5. The van der Waals surface area contributed by atoms with Gasteiger partial charge >= 0.3 is 0 Å². The molecule has 0 fully saturated rings. The molecule has 0 saturated heterocycles. The van der Waals surface area contributed by atoms with Crippen LogP contribution in [0.15, 0.2) is 65.8 Å². The largest absolute Gasteiger partial charge is 0.484 e. The smallest absolute Gasteiger partial charge is 0.277 e. The molecule has 0 saturated carbocycles. The van der Waals surface area contributed by atoms with Gasteiger partial charge < -0.3 is 4.74 Å². The lowest BCUT2D eigenvalue weighted by atomic mass is 10.1. The van der Waals surface area contributed by atoms with E-state index in [0.29, 0.717) is 10.8 Å². The Hall–Kier alpha value is -2.85. The molecule has 25 heavy (non-hydrogen) atoms. The maximum Gasteiger partial charge on any atom is 0.277 e. The molecule has 126 valence electrons. The Kier molecular flexibility index (Phi) is 5.31. The van der Waals surface area contributed by atoms with E-state index in [-0.39, 0.29) is 12.5 Å². The fourth-order valence-electron chi connectivity index (χ4n) is 2.36. The average Bonchev–Trinajstić information content (AvgIpc) is 2.62. The number of amides is 1. The van der Waals surface area contributed by atoms with Crippen molar-refractivity contribution in [1.82, 2.24) is 5.43 Å². The minimum atomic E-state index is -0.329. The van der Waals surface area contributed by atoms with E-state index < -0.39 is 0 Å². The maximum atomic E-state index is 11.8. The fraction of sp³-hybridized carbons (Fsp3) is 0.100. The van der Waals surface area contributed by atoms with Crippen molar-refractivity contribution in [3.63, 3.8) is 0 Å². The molecule has 5 heteroatoms. The Morgan fingerprint density at radius 1 is 1.12 bits per heavy atom. The number of fused-ring (bicyclic) bond motifs is 1. The lowest BCUT2D eigenvalue weighted by Crippen LogP contribution is -2.24. The number of hydrogen-bond donors (Lipinski definition) is 1. The van der Waals surface area contributed by atoms with E-state index in [1.807, 2.05) is 49.4 Å². The number of hydrazone groups is 1. The minimum Gasteiger partial charge on any atom is -0.484 e. The highest BCUT2D eigenvalue weighted by Gasteiger charge is 2.03. The molecule has 3 rings (SSSR count). The Balaban J connectivity index is 1.53. The van der Waals surface area contributed by atoms with Gasteiger partial charge in [-0.05, 0) is 53.1 Å². The van der Waals surface area contributed by atoms with E-state index in [0.717, 1.165) is 21.9 Å². The third kappa shape index (κ3) is 4.58. The molecule has 0 aromatic heterocycles. The molecular weight excluding hydrogens is 336 g/mol. The van der Waals surface area contributed by atoms with Crippen molar-refractivity contribution < 1.29 is 9.53 Å². The van der Waals surface area contributed by atoms with Gasteiger partial charge in [0.1, 0.15) is 5.75 Å². The highest BCUT2D eigenvalue weighted by Crippen LogP contribution is 2.20. The second-order valence-electron chi connectivity index (χ2n) is 5.60. The summed E-state index contributed by atoms with van der Waals surface area (Å²) in [5.41, 5.74) is 4.26. The van der Waals surface area contributed by atoms with Gasteiger partial charge in [0.05, 0.1) is 6.21 Å². The second-order valence-corrected chi connectivity index (χ2v) is 6.01. The second kappa shape index (κ2) is 7.81. The summed E-state index contributed by atoms with van der Waals surface area (Å²) in [4.78, 5) is 11.8. The van der Waals surface area contributed by atoms with Crippen molar-refractivity contribution in [3.8, 4) is 5.75 Å². The summed E-state index contributed by atoms with van der Waals surface area (Å²) in [5, 5.41) is 6.92. The van der Waals surface area contributed by atoms with Crippen LogP contribution >= 0.6 is 11.6 Å². The van der Waals surface area contributed by atoms with Crippen molar-refractivity contribution in [2.75, 3.05) is 6.61 Å². The van der Waals surface area contributed by atoms with Gasteiger partial charge in [0.2, 0.25) is 0 Å². The molecule has 0 spiro atoms. The van der Waals surface area contributed by atoms with Gasteiger partial charge in [0.25, 0.3) is 5.91 Å². The van der Waals surface area contributed by atoms with Crippen molar-refractivity contribution in [3.05, 3.63) is 76.8 Å². The molecule has 4 nitrogen and oxygen atoms in total. The van der Waals surface area contributed by atoms with Crippen LogP contribution in [0.4, 0.5) is 0 Å². The van der Waals surface area contributed by atoms with E-state index in [2.05, 4.69) is 10.5 Å². The van der Waals surface area contributed by atoms with E-state index in [4.69, 9.17) is 16.3 Å². The number of rotatable bonds is 5. The van der Waals surface area contributed by atoms with Gasteiger partial charge in [-0.3, -0.25) is 4.79 Å². The van der Waals surface area contributed by atoms with Gasteiger partial charge in [-0.15, -0.1) is 0 Å². The molecule has 0 atom stereocenters. The topological polar surface area (TPSA) is 50.7 Å². The molecule has 0 radical (unpaired) electrons. The molecule has 0 aliphatic carbocycles. The first-order chi connectivity index (χ1) is 12.1. The summed E-state index contributed by atoms with van der Waals surface area (Å²) in [6.07, 6.45) is 1.61. The van der Waals surface area contributed by atoms with Crippen LogP contribution in [0, 0.1) is 6.92 Å². The van der Waals surface area contributed by atoms with Crippen molar-refractivity contribution in [2.24, 2.45) is 5.10 Å². The number of aryl methyl sites for hydroxylation is 1. The number of halogens is 1. The maximum absolute atomic E-state index is 11.8. The number of ether oxygens (including phenoxy) is 1. The molecule has 0 aliphatic heterocycles. The molecule has 3 aromatic rings. The Morgan fingerprint density at radius 3 is 2.72 bits per heavy atom. The first kappa shape index (κ1) is 17.0. The minimum absolute atomic E-state index is 0.115. The van der Waals surface area contributed by atoms with Crippen LogP contribution in [0.1, 0.15) is 11.1 Å². The zero-order chi connectivity index (χ0) is 17.6. The van der Waals surface area contributed by atoms with E-state index in [1.165, 1.54) is 0 Å². The molecule has 0 unspecified atom stereocenters. The number of benzene rings is 3. The Bertz CT molecular complexity index is 938.